The normalized spacial score (nSPS) is 21.6. The Morgan fingerprint density at radius 3 is 3.17 bits per heavy atom. The summed E-state index contributed by atoms with van der Waals surface area (Å²) in [5, 5.41) is 0. The van der Waals surface area contributed by atoms with Crippen LogP contribution in [0.15, 0.2) is 24.5 Å². The predicted molar refractivity (Wildman–Crippen MR) is 74.0 cm³/mol. The first-order valence-electron chi connectivity index (χ1n) is 6.94. The van der Waals surface area contributed by atoms with Crippen molar-refractivity contribution in [1.29, 1.82) is 0 Å². The molecule has 3 rings (SSSR count). The number of imidazole rings is 1. The minimum absolute atomic E-state index is 0.586. The molecular formula is C15H21N3. The van der Waals surface area contributed by atoms with Gasteiger partial charge >= 0.3 is 0 Å². The lowest BCUT2D eigenvalue weighted by Gasteiger charge is -2.31. The molecule has 1 fully saturated rings. The highest BCUT2D eigenvalue weighted by molar-refractivity contribution is 5.53. The molecule has 2 aromatic rings. The fraction of sp³-hybridized carbons (Fsp3) is 0.533. The van der Waals surface area contributed by atoms with Gasteiger partial charge in [-0.2, -0.15) is 0 Å². The van der Waals surface area contributed by atoms with E-state index < -0.39 is 0 Å². The Bertz CT molecular complexity index is 544. The van der Waals surface area contributed by atoms with E-state index in [1.165, 1.54) is 36.3 Å². The third-order valence-corrected chi connectivity index (χ3v) is 4.13. The Kier molecular flexibility index (Phi) is 3.08. The number of nitrogens with zero attached hydrogens (tertiary/aromatic N) is 3. The van der Waals surface area contributed by atoms with E-state index >= 15 is 0 Å². The first-order valence-corrected chi connectivity index (χ1v) is 6.94. The Morgan fingerprint density at radius 2 is 2.33 bits per heavy atom. The van der Waals surface area contributed by atoms with Gasteiger partial charge in [-0.3, -0.25) is 0 Å². The third-order valence-electron chi connectivity index (χ3n) is 4.13. The second kappa shape index (κ2) is 4.73. The Balaban J connectivity index is 1.96. The summed E-state index contributed by atoms with van der Waals surface area (Å²) in [7, 11) is 0. The van der Waals surface area contributed by atoms with Crippen molar-refractivity contribution in [1.82, 2.24) is 14.3 Å². The maximum Gasteiger partial charge on any atom is 0.117 e. The van der Waals surface area contributed by atoms with E-state index in [2.05, 4.69) is 46.5 Å². The number of hydrogen-bond acceptors (Lipinski definition) is 2. The van der Waals surface area contributed by atoms with Crippen LogP contribution in [0.3, 0.4) is 0 Å². The van der Waals surface area contributed by atoms with Crippen LogP contribution in [-0.2, 0) is 0 Å². The average Bonchev–Trinajstić information content (AvgIpc) is 2.84. The summed E-state index contributed by atoms with van der Waals surface area (Å²) in [6.07, 6.45) is 6.73. The van der Waals surface area contributed by atoms with Gasteiger partial charge in [-0.25, -0.2) is 4.98 Å². The number of likely N-dealkylation sites (N-methyl/N-ethyl adjacent to an activating group) is 1. The molecule has 3 heterocycles. The fourth-order valence-electron chi connectivity index (χ4n) is 3.04. The smallest absolute Gasteiger partial charge is 0.117 e. The monoisotopic (exact) mass is 243 g/mol. The molecule has 3 nitrogen and oxygen atoms in total. The summed E-state index contributed by atoms with van der Waals surface area (Å²) >= 11 is 0. The van der Waals surface area contributed by atoms with Gasteiger partial charge in [0.05, 0.1) is 11.7 Å². The third kappa shape index (κ3) is 1.93. The topological polar surface area (TPSA) is 20.5 Å². The largest absolute Gasteiger partial charge is 0.303 e. The molecule has 1 unspecified atom stereocenters. The van der Waals surface area contributed by atoms with Crippen LogP contribution in [0.2, 0.25) is 0 Å². The molecule has 3 heteroatoms. The number of pyridine rings is 1. The predicted octanol–water partition coefficient (Wildman–Crippen LogP) is 2.84. The standard InChI is InChI=1S/C15H21N3/c1-3-17-8-5-7-13(11-17)15-16-10-14-12(2)6-4-9-18(14)15/h4,6,9-10,13H,3,5,7-8,11H2,1-2H3. The Hall–Kier alpha value is -1.35. The number of fused-ring (bicyclic) bond motifs is 1. The van der Waals surface area contributed by atoms with Gasteiger partial charge in [0, 0.05) is 18.7 Å². The average molecular weight is 243 g/mol. The maximum atomic E-state index is 4.68. The van der Waals surface area contributed by atoms with Crippen molar-refractivity contribution in [3.63, 3.8) is 0 Å². The van der Waals surface area contributed by atoms with Crippen molar-refractivity contribution in [2.75, 3.05) is 19.6 Å². The van der Waals surface area contributed by atoms with Crippen molar-refractivity contribution in [2.45, 2.75) is 32.6 Å². The van der Waals surface area contributed by atoms with E-state index in [0.29, 0.717) is 5.92 Å². The van der Waals surface area contributed by atoms with Crippen molar-refractivity contribution < 1.29 is 0 Å². The van der Waals surface area contributed by atoms with Gasteiger partial charge in [-0.05, 0) is 44.5 Å². The van der Waals surface area contributed by atoms with Gasteiger partial charge in [0.2, 0.25) is 0 Å². The lowest BCUT2D eigenvalue weighted by atomic mass is 9.97. The van der Waals surface area contributed by atoms with E-state index in [1.54, 1.807) is 0 Å². The molecule has 1 saturated heterocycles. The van der Waals surface area contributed by atoms with Gasteiger partial charge in [0.1, 0.15) is 5.82 Å². The van der Waals surface area contributed by atoms with Gasteiger partial charge in [0.25, 0.3) is 0 Å². The van der Waals surface area contributed by atoms with Gasteiger partial charge in [0.15, 0.2) is 0 Å². The Labute approximate surface area is 108 Å². The number of piperidine rings is 1. The lowest BCUT2D eigenvalue weighted by Crippen LogP contribution is -2.34. The van der Waals surface area contributed by atoms with Crippen molar-refractivity contribution in [3.05, 3.63) is 35.9 Å². The number of aryl methyl sites for hydroxylation is 1. The van der Waals surface area contributed by atoms with Crippen LogP contribution in [-0.4, -0.2) is 33.9 Å². The highest BCUT2D eigenvalue weighted by atomic mass is 15.1. The SMILES string of the molecule is CCN1CCCC(c2ncc3c(C)cccn23)C1. The second-order valence-corrected chi connectivity index (χ2v) is 5.30. The second-order valence-electron chi connectivity index (χ2n) is 5.30. The van der Waals surface area contributed by atoms with E-state index in [4.69, 9.17) is 0 Å². The Morgan fingerprint density at radius 1 is 1.44 bits per heavy atom. The summed E-state index contributed by atoms with van der Waals surface area (Å²) in [5.41, 5.74) is 2.56. The van der Waals surface area contributed by atoms with Crippen LogP contribution in [0, 0.1) is 6.92 Å². The van der Waals surface area contributed by atoms with E-state index in [-0.39, 0.29) is 0 Å². The van der Waals surface area contributed by atoms with Crippen molar-refractivity contribution in [3.8, 4) is 0 Å². The minimum atomic E-state index is 0.586. The summed E-state index contributed by atoms with van der Waals surface area (Å²) in [6.45, 7) is 7.95. The molecule has 0 radical (unpaired) electrons. The molecule has 0 aliphatic carbocycles. The molecule has 96 valence electrons. The molecule has 2 aromatic heterocycles. The van der Waals surface area contributed by atoms with Gasteiger partial charge in [-0.15, -0.1) is 0 Å². The van der Waals surface area contributed by atoms with Crippen LogP contribution < -0.4 is 0 Å². The van der Waals surface area contributed by atoms with E-state index in [1.807, 2.05) is 6.20 Å². The van der Waals surface area contributed by atoms with Crippen molar-refractivity contribution >= 4 is 5.52 Å². The highest BCUT2D eigenvalue weighted by Crippen LogP contribution is 2.27. The first-order chi connectivity index (χ1) is 8.79. The summed E-state index contributed by atoms with van der Waals surface area (Å²) in [4.78, 5) is 7.22. The highest BCUT2D eigenvalue weighted by Gasteiger charge is 2.23. The molecule has 0 saturated carbocycles. The van der Waals surface area contributed by atoms with Crippen LogP contribution in [0.25, 0.3) is 5.52 Å². The molecule has 0 spiro atoms. The zero-order valence-corrected chi connectivity index (χ0v) is 11.3. The van der Waals surface area contributed by atoms with Crippen LogP contribution in [0.4, 0.5) is 0 Å². The zero-order chi connectivity index (χ0) is 12.5. The van der Waals surface area contributed by atoms with Crippen molar-refractivity contribution in [2.24, 2.45) is 0 Å². The van der Waals surface area contributed by atoms with Gasteiger partial charge in [-0.1, -0.05) is 13.0 Å². The molecule has 0 bridgehead atoms. The summed E-state index contributed by atoms with van der Waals surface area (Å²) in [6, 6.07) is 4.27. The molecule has 1 atom stereocenters. The summed E-state index contributed by atoms with van der Waals surface area (Å²) < 4.78 is 2.28. The molecule has 18 heavy (non-hydrogen) atoms. The zero-order valence-electron chi connectivity index (χ0n) is 11.3. The lowest BCUT2D eigenvalue weighted by molar-refractivity contribution is 0.213. The number of aromatic nitrogens is 2. The number of likely N-dealkylation sites (tertiary alicyclic amines) is 1. The first kappa shape index (κ1) is 11.7. The molecular weight excluding hydrogens is 222 g/mol. The molecule has 1 aliphatic rings. The van der Waals surface area contributed by atoms with Crippen LogP contribution in [0.5, 0.6) is 0 Å². The maximum absolute atomic E-state index is 4.68. The van der Waals surface area contributed by atoms with E-state index in [9.17, 15) is 0 Å². The number of rotatable bonds is 2. The molecule has 0 aromatic carbocycles. The molecule has 1 aliphatic heterocycles. The number of hydrogen-bond donors (Lipinski definition) is 0. The fourth-order valence-corrected chi connectivity index (χ4v) is 3.04. The van der Waals surface area contributed by atoms with Crippen LogP contribution >= 0.6 is 0 Å². The summed E-state index contributed by atoms with van der Waals surface area (Å²) in [5.74, 6) is 1.83. The quantitative estimate of drug-likeness (QED) is 0.808. The van der Waals surface area contributed by atoms with E-state index in [0.717, 1.165) is 13.1 Å². The minimum Gasteiger partial charge on any atom is -0.303 e. The molecule has 0 amide bonds. The van der Waals surface area contributed by atoms with Crippen LogP contribution in [0.1, 0.15) is 37.1 Å². The van der Waals surface area contributed by atoms with Gasteiger partial charge < -0.3 is 9.30 Å². The molecule has 0 N–H and O–H groups in total.